The van der Waals surface area contributed by atoms with Gasteiger partial charge in [0.15, 0.2) is 0 Å². The van der Waals surface area contributed by atoms with Gasteiger partial charge in [0.05, 0.1) is 9.90 Å². The van der Waals surface area contributed by atoms with Gasteiger partial charge in [-0.1, -0.05) is 6.92 Å². The summed E-state index contributed by atoms with van der Waals surface area (Å²) in [5.41, 5.74) is 1.03. The van der Waals surface area contributed by atoms with E-state index in [0.29, 0.717) is 12.5 Å². The average Bonchev–Trinajstić information content (AvgIpc) is 2.96. The topological polar surface area (TPSA) is 85.1 Å². The van der Waals surface area contributed by atoms with Crippen LogP contribution in [0, 0.1) is 6.92 Å². The molecule has 2 aromatic heterocycles. The highest BCUT2D eigenvalue weighted by Crippen LogP contribution is 2.22. The van der Waals surface area contributed by atoms with Crippen molar-refractivity contribution in [1.29, 1.82) is 0 Å². The second-order valence-electron chi connectivity index (χ2n) is 4.61. The number of aromatic nitrogens is 1. The Morgan fingerprint density at radius 2 is 2.20 bits per heavy atom. The minimum Gasteiger partial charge on any atom is -0.311 e. The maximum atomic E-state index is 11.4. The number of nitrogens with two attached hydrogens (primary N) is 1. The Morgan fingerprint density at radius 3 is 2.80 bits per heavy atom. The van der Waals surface area contributed by atoms with E-state index in [9.17, 15) is 8.42 Å². The number of thiazole rings is 1. The fraction of sp³-hybridized carbons (Fsp3) is 0.417. The van der Waals surface area contributed by atoms with E-state index in [4.69, 9.17) is 5.14 Å². The standard InChI is InChI=1S/C12H17N3O2S3/c1-8(12-15-9(2)7-19-12)5-14-6-10-11(3-4-18-10)20(13,16)17/h3-4,7-8,14H,5-6H2,1-2H3,(H2,13,16,17). The lowest BCUT2D eigenvalue weighted by Crippen LogP contribution is -2.21. The van der Waals surface area contributed by atoms with Gasteiger partial charge in [0.25, 0.3) is 0 Å². The van der Waals surface area contributed by atoms with Crippen molar-refractivity contribution in [3.63, 3.8) is 0 Å². The highest BCUT2D eigenvalue weighted by Gasteiger charge is 2.15. The largest absolute Gasteiger partial charge is 0.311 e. The van der Waals surface area contributed by atoms with Crippen LogP contribution in [0.15, 0.2) is 21.7 Å². The molecule has 1 unspecified atom stereocenters. The molecule has 0 saturated heterocycles. The van der Waals surface area contributed by atoms with Crippen LogP contribution >= 0.6 is 22.7 Å². The van der Waals surface area contributed by atoms with E-state index in [1.807, 2.05) is 12.3 Å². The normalized spacial score (nSPS) is 13.6. The number of nitrogens with zero attached hydrogens (tertiary/aromatic N) is 1. The SMILES string of the molecule is Cc1csc(C(C)CNCc2sccc2S(N)(=O)=O)n1. The first-order valence-electron chi connectivity index (χ1n) is 6.10. The molecule has 0 aliphatic heterocycles. The van der Waals surface area contributed by atoms with E-state index in [2.05, 4.69) is 17.2 Å². The molecule has 2 heterocycles. The summed E-state index contributed by atoms with van der Waals surface area (Å²) in [5, 5.41) is 13.3. The van der Waals surface area contributed by atoms with Crippen molar-refractivity contribution < 1.29 is 8.42 Å². The molecule has 2 aromatic rings. The molecule has 20 heavy (non-hydrogen) atoms. The number of thiophene rings is 1. The van der Waals surface area contributed by atoms with Crippen LogP contribution in [0.3, 0.4) is 0 Å². The quantitative estimate of drug-likeness (QED) is 0.848. The van der Waals surface area contributed by atoms with Crippen LogP contribution in [0.25, 0.3) is 0 Å². The second-order valence-corrected chi connectivity index (χ2v) is 8.03. The Hall–Kier alpha value is -0.800. The molecular weight excluding hydrogens is 314 g/mol. The molecule has 1 atom stereocenters. The third-order valence-electron chi connectivity index (χ3n) is 2.81. The lowest BCUT2D eigenvalue weighted by Gasteiger charge is -2.10. The Balaban J connectivity index is 1.92. The summed E-state index contributed by atoms with van der Waals surface area (Å²) in [5.74, 6) is 0.298. The Kier molecular flexibility index (Phi) is 4.92. The summed E-state index contributed by atoms with van der Waals surface area (Å²) < 4.78 is 22.8. The number of aryl methyl sites for hydroxylation is 1. The average molecular weight is 331 g/mol. The van der Waals surface area contributed by atoms with Crippen molar-refractivity contribution in [2.45, 2.75) is 31.2 Å². The minimum absolute atomic E-state index is 0.216. The zero-order chi connectivity index (χ0) is 14.8. The summed E-state index contributed by atoms with van der Waals surface area (Å²) in [4.78, 5) is 5.41. The summed E-state index contributed by atoms with van der Waals surface area (Å²) in [7, 11) is -3.63. The van der Waals surface area contributed by atoms with E-state index in [1.54, 1.807) is 22.8 Å². The molecule has 0 aliphatic carbocycles. The van der Waals surface area contributed by atoms with Crippen molar-refractivity contribution in [2.75, 3.05) is 6.54 Å². The van der Waals surface area contributed by atoms with Gasteiger partial charge in [-0.25, -0.2) is 18.5 Å². The number of rotatable bonds is 6. The first-order chi connectivity index (χ1) is 9.38. The number of sulfonamides is 1. The van der Waals surface area contributed by atoms with Gasteiger partial charge in [-0.2, -0.15) is 0 Å². The first kappa shape index (κ1) is 15.6. The molecule has 0 radical (unpaired) electrons. The van der Waals surface area contributed by atoms with Crippen molar-refractivity contribution in [1.82, 2.24) is 10.3 Å². The summed E-state index contributed by atoms with van der Waals surface area (Å²) in [6.07, 6.45) is 0. The van der Waals surface area contributed by atoms with Gasteiger partial charge >= 0.3 is 0 Å². The third kappa shape index (κ3) is 3.86. The van der Waals surface area contributed by atoms with Crippen molar-refractivity contribution in [2.24, 2.45) is 5.14 Å². The molecule has 0 saturated carbocycles. The van der Waals surface area contributed by atoms with Crippen molar-refractivity contribution >= 4 is 32.7 Å². The highest BCUT2D eigenvalue weighted by molar-refractivity contribution is 7.89. The molecule has 2 rings (SSSR count). The summed E-state index contributed by atoms with van der Waals surface area (Å²) >= 11 is 3.04. The molecular formula is C12H17N3O2S3. The lowest BCUT2D eigenvalue weighted by atomic mass is 10.2. The second kappa shape index (κ2) is 6.31. The fourth-order valence-corrected chi connectivity index (χ4v) is 4.62. The van der Waals surface area contributed by atoms with E-state index in [0.717, 1.165) is 22.1 Å². The van der Waals surface area contributed by atoms with Crippen molar-refractivity contribution in [3.05, 3.63) is 32.4 Å². The molecule has 8 heteroatoms. The molecule has 0 spiro atoms. The van der Waals surface area contributed by atoms with Crippen LogP contribution < -0.4 is 10.5 Å². The van der Waals surface area contributed by atoms with Crippen molar-refractivity contribution in [3.8, 4) is 0 Å². The molecule has 5 nitrogen and oxygen atoms in total. The molecule has 110 valence electrons. The van der Waals surface area contributed by atoms with E-state index < -0.39 is 10.0 Å². The third-order valence-corrected chi connectivity index (χ3v) is 6.05. The zero-order valence-corrected chi connectivity index (χ0v) is 13.7. The number of primary sulfonamides is 1. The van der Waals surface area contributed by atoms with Gasteiger partial charge in [-0.15, -0.1) is 22.7 Å². The predicted molar refractivity (Wildman–Crippen MR) is 82.7 cm³/mol. The van der Waals surface area contributed by atoms with Crippen LogP contribution in [0.4, 0.5) is 0 Å². The minimum atomic E-state index is -3.63. The maximum Gasteiger partial charge on any atom is 0.239 e. The van der Waals surface area contributed by atoms with Crippen LogP contribution in [0.2, 0.25) is 0 Å². The zero-order valence-electron chi connectivity index (χ0n) is 11.3. The smallest absolute Gasteiger partial charge is 0.239 e. The van der Waals surface area contributed by atoms with Gasteiger partial charge < -0.3 is 5.32 Å². The van der Waals surface area contributed by atoms with Crippen LogP contribution in [0.5, 0.6) is 0 Å². The maximum absolute atomic E-state index is 11.4. The summed E-state index contributed by atoms with van der Waals surface area (Å²) in [6, 6.07) is 1.55. The molecule has 0 bridgehead atoms. The van der Waals surface area contributed by atoms with Gasteiger partial charge in [0, 0.05) is 35.0 Å². The lowest BCUT2D eigenvalue weighted by molar-refractivity contribution is 0.591. The fourth-order valence-electron chi connectivity index (χ4n) is 1.80. The first-order valence-corrected chi connectivity index (χ1v) is 9.40. The van der Waals surface area contributed by atoms with Crippen LogP contribution in [0.1, 0.15) is 28.4 Å². The van der Waals surface area contributed by atoms with E-state index >= 15 is 0 Å². The molecule has 0 fully saturated rings. The van der Waals surface area contributed by atoms with Gasteiger partial charge in [-0.05, 0) is 18.4 Å². The Morgan fingerprint density at radius 1 is 1.45 bits per heavy atom. The van der Waals surface area contributed by atoms with E-state index in [1.165, 1.54) is 11.3 Å². The predicted octanol–water partition coefficient (Wildman–Crippen LogP) is 2.05. The monoisotopic (exact) mass is 331 g/mol. The van der Waals surface area contributed by atoms with Gasteiger partial charge in [0.1, 0.15) is 0 Å². The number of hydrogen-bond acceptors (Lipinski definition) is 6. The molecule has 0 aromatic carbocycles. The molecule has 0 amide bonds. The Bertz CT molecular complexity index is 676. The highest BCUT2D eigenvalue weighted by atomic mass is 32.2. The van der Waals surface area contributed by atoms with Gasteiger partial charge in [-0.3, -0.25) is 0 Å². The summed E-state index contributed by atoms with van der Waals surface area (Å²) in [6.45, 7) is 5.32. The number of hydrogen-bond donors (Lipinski definition) is 2. The van der Waals surface area contributed by atoms with Crippen LogP contribution in [-0.2, 0) is 16.6 Å². The molecule has 3 N–H and O–H groups in total. The number of nitrogens with one attached hydrogen (secondary N) is 1. The van der Waals surface area contributed by atoms with Crippen LogP contribution in [-0.4, -0.2) is 19.9 Å². The van der Waals surface area contributed by atoms with E-state index in [-0.39, 0.29) is 4.90 Å². The van der Waals surface area contributed by atoms with Gasteiger partial charge in [0.2, 0.25) is 10.0 Å². The molecule has 0 aliphatic rings. The Labute approximate surface area is 126 Å².